The molecule has 3 N–H and O–H groups in total. The van der Waals surface area contributed by atoms with Gasteiger partial charge in [0.15, 0.2) is 0 Å². The summed E-state index contributed by atoms with van der Waals surface area (Å²) in [6, 6.07) is 0.232. The number of aromatic nitrogens is 1. The predicted octanol–water partition coefficient (Wildman–Crippen LogP) is 2.19. The van der Waals surface area contributed by atoms with Gasteiger partial charge in [0, 0.05) is 28.5 Å². The first-order chi connectivity index (χ1) is 5.29. The number of hydrogen-bond acceptors (Lipinski definition) is 1. The summed E-state index contributed by atoms with van der Waals surface area (Å²) in [6.07, 6.45) is 6.49. The predicted molar refractivity (Wildman–Crippen MR) is 48.1 cm³/mol. The van der Waals surface area contributed by atoms with Gasteiger partial charge in [0.2, 0.25) is 0 Å². The number of hydrogen-bond donors (Lipinski definition) is 2. The molecular weight excluding hydrogens is 204 g/mol. The van der Waals surface area contributed by atoms with Crippen LogP contribution in [0.2, 0.25) is 0 Å². The second-order valence-electron chi connectivity index (χ2n) is 3.12. The Morgan fingerprint density at radius 1 is 1.55 bits per heavy atom. The Balaban J connectivity index is 2.20. The maximum atomic E-state index is 6.00. The summed E-state index contributed by atoms with van der Waals surface area (Å²) >= 11 is 3.45. The molecule has 1 saturated carbocycles. The molecule has 0 aliphatic heterocycles. The molecule has 0 bridgehead atoms. The molecular formula is C8H11BrN2. The first kappa shape index (κ1) is 7.37. The molecule has 0 amide bonds. The number of nitrogens with two attached hydrogens (primary N) is 1. The van der Waals surface area contributed by atoms with Crippen LogP contribution in [0.3, 0.4) is 0 Å². The van der Waals surface area contributed by atoms with Gasteiger partial charge in [-0.2, -0.15) is 0 Å². The number of aromatic amines is 1. The van der Waals surface area contributed by atoms with Crippen LogP contribution in [0.25, 0.3) is 0 Å². The number of H-pyrrole nitrogens is 1. The van der Waals surface area contributed by atoms with E-state index in [9.17, 15) is 0 Å². The standard InChI is InChI=1S/C8H11BrN2/c9-7-4-11-3-6(7)8(10)5-1-2-5/h3-5,8,11H,1-2,10H2/t8-/m0/s1. The van der Waals surface area contributed by atoms with E-state index in [1.807, 2.05) is 12.4 Å². The molecule has 0 spiro atoms. The summed E-state index contributed by atoms with van der Waals surface area (Å²) in [7, 11) is 0. The van der Waals surface area contributed by atoms with Crippen molar-refractivity contribution < 1.29 is 0 Å². The zero-order valence-electron chi connectivity index (χ0n) is 6.18. The molecule has 60 valence electrons. The smallest absolute Gasteiger partial charge is 0.0397 e. The van der Waals surface area contributed by atoms with E-state index >= 15 is 0 Å². The monoisotopic (exact) mass is 214 g/mol. The Kier molecular flexibility index (Phi) is 1.77. The molecule has 2 rings (SSSR count). The fraction of sp³-hybridized carbons (Fsp3) is 0.500. The lowest BCUT2D eigenvalue weighted by atomic mass is 10.1. The molecule has 3 heteroatoms. The first-order valence-corrected chi connectivity index (χ1v) is 4.66. The van der Waals surface area contributed by atoms with Gasteiger partial charge < -0.3 is 10.7 Å². The third-order valence-corrected chi connectivity index (χ3v) is 2.90. The minimum absolute atomic E-state index is 0.232. The largest absolute Gasteiger partial charge is 0.366 e. The first-order valence-electron chi connectivity index (χ1n) is 3.87. The van der Waals surface area contributed by atoms with Crippen LogP contribution < -0.4 is 5.73 Å². The Labute approximate surface area is 74.3 Å². The molecule has 0 radical (unpaired) electrons. The average Bonchev–Trinajstić information content (AvgIpc) is 2.74. The molecule has 1 aliphatic carbocycles. The summed E-state index contributed by atoms with van der Waals surface area (Å²) in [5.41, 5.74) is 7.21. The minimum Gasteiger partial charge on any atom is -0.366 e. The van der Waals surface area contributed by atoms with E-state index in [1.165, 1.54) is 18.4 Å². The van der Waals surface area contributed by atoms with Crippen molar-refractivity contribution >= 4 is 15.9 Å². The summed E-state index contributed by atoms with van der Waals surface area (Å²) in [6.45, 7) is 0. The van der Waals surface area contributed by atoms with Crippen molar-refractivity contribution in [2.24, 2.45) is 11.7 Å². The lowest BCUT2D eigenvalue weighted by Crippen LogP contribution is -2.11. The van der Waals surface area contributed by atoms with Crippen molar-refractivity contribution in [1.29, 1.82) is 0 Å². The summed E-state index contributed by atoms with van der Waals surface area (Å²) < 4.78 is 1.11. The number of rotatable bonds is 2. The van der Waals surface area contributed by atoms with Crippen LogP contribution in [-0.4, -0.2) is 4.98 Å². The Morgan fingerprint density at radius 3 is 2.73 bits per heavy atom. The third kappa shape index (κ3) is 1.35. The molecule has 0 aromatic carbocycles. The van der Waals surface area contributed by atoms with E-state index in [0.717, 1.165) is 10.4 Å². The molecule has 11 heavy (non-hydrogen) atoms. The Bertz CT molecular complexity index is 252. The molecule has 1 atom stereocenters. The summed E-state index contributed by atoms with van der Waals surface area (Å²) in [5, 5.41) is 0. The zero-order chi connectivity index (χ0) is 7.84. The minimum atomic E-state index is 0.232. The highest BCUT2D eigenvalue weighted by Gasteiger charge is 2.30. The normalized spacial score (nSPS) is 20.2. The van der Waals surface area contributed by atoms with E-state index < -0.39 is 0 Å². The maximum absolute atomic E-state index is 6.00. The molecule has 0 unspecified atom stereocenters. The van der Waals surface area contributed by atoms with E-state index in [2.05, 4.69) is 20.9 Å². The van der Waals surface area contributed by atoms with Crippen molar-refractivity contribution in [2.75, 3.05) is 0 Å². The molecule has 1 aromatic heterocycles. The molecule has 1 aliphatic rings. The van der Waals surface area contributed by atoms with Crippen LogP contribution in [0.4, 0.5) is 0 Å². The van der Waals surface area contributed by atoms with Crippen LogP contribution >= 0.6 is 15.9 Å². The van der Waals surface area contributed by atoms with Crippen molar-refractivity contribution in [1.82, 2.24) is 4.98 Å². The van der Waals surface area contributed by atoms with Crippen molar-refractivity contribution in [3.8, 4) is 0 Å². The van der Waals surface area contributed by atoms with Gasteiger partial charge >= 0.3 is 0 Å². The van der Waals surface area contributed by atoms with Gasteiger partial charge in [0.25, 0.3) is 0 Å². The highest BCUT2D eigenvalue weighted by Crippen LogP contribution is 2.41. The maximum Gasteiger partial charge on any atom is 0.0397 e. The summed E-state index contributed by atoms with van der Waals surface area (Å²) in [4.78, 5) is 3.03. The van der Waals surface area contributed by atoms with Gasteiger partial charge in [0.1, 0.15) is 0 Å². The molecule has 1 heterocycles. The molecule has 0 saturated heterocycles. The second-order valence-corrected chi connectivity index (χ2v) is 3.98. The van der Waals surface area contributed by atoms with Gasteiger partial charge in [-0.3, -0.25) is 0 Å². The molecule has 2 nitrogen and oxygen atoms in total. The molecule has 1 aromatic rings. The van der Waals surface area contributed by atoms with Crippen LogP contribution in [0.1, 0.15) is 24.4 Å². The molecule has 1 fully saturated rings. The summed E-state index contributed by atoms with van der Waals surface area (Å²) in [5.74, 6) is 0.724. The Hall–Kier alpha value is -0.280. The van der Waals surface area contributed by atoms with Gasteiger partial charge in [-0.25, -0.2) is 0 Å². The van der Waals surface area contributed by atoms with Crippen molar-refractivity contribution in [2.45, 2.75) is 18.9 Å². The highest BCUT2D eigenvalue weighted by atomic mass is 79.9. The second kappa shape index (κ2) is 2.64. The van der Waals surface area contributed by atoms with E-state index in [-0.39, 0.29) is 6.04 Å². The van der Waals surface area contributed by atoms with Crippen LogP contribution in [0.5, 0.6) is 0 Å². The van der Waals surface area contributed by atoms with E-state index in [4.69, 9.17) is 5.73 Å². The fourth-order valence-corrected chi connectivity index (χ4v) is 1.83. The lowest BCUT2D eigenvalue weighted by molar-refractivity contribution is 0.632. The quantitative estimate of drug-likeness (QED) is 0.779. The third-order valence-electron chi connectivity index (χ3n) is 2.21. The SMILES string of the molecule is N[C@H](c1c[nH]cc1Br)C1CC1. The van der Waals surface area contributed by atoms with Crippen LogP contribution in [0.15, 0.2) is 16.9 Å². The van der Waals surface area contributed by atoms with Crippen LogP contribution in [0, 0.1) is 5.92 Å². The van der Waals surface area contributed by atoms with Crippen LogP contribution in [-0.2, 0) is 0 Å². The van der Waals surface area contributed by atoms with E-state index in [1.54, 1.807) is 0 Å². The van der Waals surface area contributed by atoms with Crippen molar-refractivity contribution in [3.63, 3.8) is 0 Å². The van der Waals surface area contributed by atoms with Gasteiger partial charge in [-0.15, -0.1) is 0 Å². The van der Waals surface area contributed by atoms with Gasteiger partial charge in [-0.05, 0) is 34.7 Å². The van der Waals surface area contributed by atoms with E-state index in [0.29, 0.717) is 0 Å². The number of halogens is 1. The average molecular weight is 215 g/mol. The number of nitrogens with one attached hydrogen (secondary N) is 1. The van der Waals surface area contributed by atoms with Crippen molar-refractivity contribution in [3.05, 3.63) is 22.4 Å². The highest BCUT2D eigenvalue weighted by molar-refractivity contribution is 9.10. The Morgan fingerprint density at radius 2 is 2.27 bits per heavy atom. The fourth-order valence-electron chi connectivity index (χ4n) is 1.32. The zero-order valence-corrected chi connectivity index (χ0v) is 7.76. The topological polar surface area (TPSA) is 41.8 Å². The lowest BCUT2D eigenvalue weighted by Gasteiger charge is -2.07. The van der Waals surface area contributed by atoms with Gasteiger partial charge in [0.05, 0.1) is 0 Å². The van der Waals surface area contributed by atoms with Gasteiger partial charge in [-0.1, -0.05) is 0 Å².